The van der Waals surface area contributed by atoms with E-state index in [2.05, 4.69) is 74.5 Å². The molecule has 0 fully saturated rings. The highest BCUT2D eigenvalue weighted by atomic mass is 32.1. The average Bonchev–Trinajstić information content (AvgIpc) is 3.13. The van der Waals surface area contributed by atoms with Crippen LogP contribution in [0.15, 0.2) is 60.7 Å². The van der Waals surface area contributed by atoms with E-state index in [1.54, 1.807) is 0 Å². The van der Waals surface area contributed by atoms with Crippen molar-refractivity contribution in [1.82, 2.24) is 9.80 Å². The number of unbranched alkanes of at least 4 members (excludes halogenated alkanes) is 14. The van der Waals surface area contributed by atoms with Gasteiger partial charge in [0, 0.05) is 39.3 Å². The fourth-order valence-corrected chi connectivity index (χ4v) is 7.03. The molecule has 6 heteroatoms. The lowest BCUT2D eigenvalue weighted by molar-refractivity contribution is 0.447. The number of fused-ring (bicyclic) bond motifs is 2. The SMILES string of the molecule is CCCCCCCCCCc1ccc2cc(-c3cc4ccc(CCCCCCCCCC)cc4cc3OC(=S)N(C)C)c(OC(=S)N(C)C)cc2c1. The second-order valence-electron chi connectivity index (χ2n) is 15.0. The Kier molecular flexibility index (Phi) is 17.7. The minimum Gasteiger partial charge on any atom is -0.431 e. The predicted molar refractivity (Wildman–Crippen MR) is 233 cm³/mol. The average molecular weight is 741 g/mol. The summed E-state index contributed by atoms with van der Waals surface area (Å²) in [6.07, 6.45) is 23.4. The van der Waals surface area contributed by atoms with Crippen LogP contribution in [-0.4, -0.2) is 48.3 Å². The van der Waals surface area contributed by atoms with Gasteiger partial charge in [0.05, 0.1) is 0 Å². The van der Waals surface area contributed by atoms with Crippen molar-refractivity contribution >= 4 is 56.3 Å². The summed E-state index contributed by atoms with van der Waals surface area (Å²) in [5.41, 5.74) is 4.57. The number of hydrogen-bond donors (Lipinski definition) is 0. The van der Waals surface area contributed by atoms with E-state index < -0.39 is 0 Å². The lowest BCUT2D eigenvalue weighted by Crippen LogP contribution is -2.25. The molecule has 0 aromatic heterocycles. The Morgan fingerprint density at radius 1 is 0.442 bits per heavy atom. The molecular formula is C46H64N2O2S2. The highest BCUT2D eigenvalue weighted by Gasteiger charge is 2.19. The maximum absolute atomic E-state index is 6.45. The van der Waals surface area contributed by atoms with Crippen molar-refractivity contribution in [3.63, 3.8) is 0 Å². The molecule has 0 aliphatic rings. The van der Waals surface area contributed by atoms with Crippen molar-refractivity contribution in [2.24, 2.45) is 0 Å². The van der Waals surface area contributed by atoms with E-state index in [0.29, 0.717) is 21.8 Å². The third-order valence-electron chi connectivity index (χ3n) is 10.1. The molecule has 4 aromatic carbocycles. The maximum Gasteiger partial charge on any atom is 0.264 e. The molecule has 0 aliphatic heterocycles. The van der Waals surface area contributed by atoms with Crippen LogP contribution in [0.25, 0.3) is 32.7 Å². The van der Waals surface area contributed by atoms with Gasteiger partial charge in [0.2, 0.25) is 0 Å². The fraction of sp³-hybridized carbons (Fsp3) is 0.522. The number of rotatable bonds is 21. The second-order valence-corrected chi connectivity index (χ2v) is 15.7. The molecule has 4 aromatic rings. The molecule has 52 heavy (non-hydrogen) atoms. The molecule has 0 aliphatic carbocycles. The Labute approximate surface area is 326 Å². The molecule has 0 atom stereocenters. The standard InChI is InChI=1S/C46H64N2O2S2/c1-7-9-11-13-15-17-19-21-23-35-25-27-37-31-41(43(33-39(37)29-35)49-45(51)47(3)4)42-32-38-28-26-36(24-22-20-18-16-14-12-10-8-2)30-40(38)34-44(42)50-46(52)48(5)6/h25-34H,7-24H2,1-6H3. The number of hydrogen-bond acceptors (Lipinski definition) is 4. The minimum atomic E-state index is 0.411. The summed E-state index contributed by atoms with van der Waals surface area (Å²) in [6, 6.07) is 22.4. The molecule has 0 N–H and O–H groups in total. The lowest BCUT2D eigenvalue weighted by Gasteiger charge is -2.21. The first kappa shape index (κ1) is 41.5. The summed E-state index contributed by atoms with van der Waals surface area (Å²) in [5, 5.41) is 5.42. The molecule has 0 saturated carbocycles. The number of aryl methyl sites for hydroxylation is 2. The Hall–Kier alpha value is -3.22. The van der Waals surface area contributed by atoms with E-state index in [9.17, 15) is 0 Å². The van der Waals surface area contributed by atoms with Crippen molar-refractivity contribution in [1.29, 1.82) is 0 Å². The summed E-state index contributed by atoms with van der Waals surface area (Å²) < 4.78 is 12.9. The van der Waals surface area contributed by atoms with Gasteiger partial charge in [0.15, 0.2) is 0 Å². The first-order valence-corrected chi connectivity index (χ1v) is 20.9. The van der Waals surface area contributed by atoms with Gasteiger partial charge >= 0.3 is 0 Å². The van der Waals surface area contributed by atoms with Crippen LogP contribution >= 0.6 is 24.4 Å². The zero-order valence-corrected chi connectivity index (χ0v) is 34.7. The van der Waals surface area contributed by atoms with E-state index in [4.69, 9.17) is 33.9 Å². The predicted octanol–water partition coefficient (Wildman–Crippen LogP) is 13.5. The smallest absolute Gasteiger partial charge is 0.264 e. The largest absolute Gasteiger partial charge is 0.431 e. The van der Waals surface area contributed by atoms with Crippen molar-refractivity contribution in [2.45, 2.75) is 129 Å². The number of ether oxygens (including phenoxy) is 2. The number of benzene rings is 4. The molecule has 0 unspecified atom stereocenters. The van der Waals surface area contributed by atoms with Crippen LogP contribution < -0.4 is 9.47 Å². The van der Waals surface area contributed by atoms with Crippen LogP contribution in [-0.2, 0) is 12.8 Å². The Balaban J connectivity index is 1.62. The molecule has 4 rings (SSSR count). The first-order valence-electron chi connectivity index (χ1n) is 20.1. The summed E-state index contributed by atoms with van der Waals surface area (Å²) in [7, 11) is 7.65. The molecule has 0 bridgehead atoms. The second kappa shape index (κ2) is 22.1. The third kappa shape index (κ3) is 13.0. The van der Waals surface area contributed by atoms with Gasteiger partial charge in [-0.25, -0.2) is 0 Å². The zero-order valence-electron chi connectivity index (χ0n) is 33.0. The lowest BCUT2D eigenvalue weighted by atomic mass is 9.94. The van der Waals surface area contributed by atoms with Crippen LogP contribution in [0.4, 0.5) is 0 Å². The summed E-state index contributed by atoms with van der Waals surface area (Å²) in [6.45, 7) is 4.56. The molecule has 0 amide bonds. The first-order chi connectivity index (χ1) is 25.2. The van der Waals surface area contributed by atoms with Gasteiger partial charge < -0.3 is 19.3 Å². The molecular weight excluding hydrogens is 677 g/mol. The third-order valence-corrected chi connectivity index (χ3v) is 11.0. The van der Waals surface area contributed by atoms with Crippen molar-refractivity contribution in [3.8, 4) is 22.6 Å². The molecule has 0 saturated heterocycles. The molecule has 0 spiro atoms. The van der Waals surface area contributed by atoms with Crippen molar-refractivity contribution in [2.75, 3.05) is 28.2 Å². The van der Waals surface area contributed by atoms with Gasteiger partial charge in [-0.3, -0.25) is 0 Å². The quantitative estimate of drug-likeness (QED) is 0.0623. The van der Waals surface area contributed by atoms with Gasteiger partial charge in [-0.1, -0.05) is 140 Å². The summed E-state index contributed by atoms with van der Waals surface area (Å²) in [5.74, 6) is 1.42. The zero-order chi connectivity index (χ0) is 37.3. The topological polar surface area (TPSA) is 24.9 Å². The molecule has 0 heterocycles. The Morgan fingerprint density at radius 3 is 1.13 bits per heavy atom. The van der Waals surface area contributed by atoms with E-state index in [-0.39, 0.29) is 0 Å². The monoisotopic (exact) mass is 740 g/mol. The van der Waals surface area contributed by atoms with Crippen LogP contribution in [0.5, 0.6) is 11.5 Å². The van der Waals surface area contributed by atoms with E-state index >= 15 is 0 Å². The number of thiocarbonyl (C=S) groups is 2. The van der Waals surface area contributed by atoms with E-state index in [1.807, 2.05) is 38.0 Å². The van der Waals surface area contributed by atoms with Crippen LogP contribution in [0.2, 0.25) is 0 Å². The Morgan fingerprint density at radius 2 is 0.788 bits per heavy atom. The molecule has 0 radical (unpaired) electrons. The normalized spacial score (nSPS) is 11.3. The molecule has 4 nitrogen and oxygen atoms in total. The van der Waals surface area contributed by atoms with Gasteiger partial charge in [-0.05, 0) is 107 Å². The van der Waals surface area contributed by atoms with Crippen LogP contribution in [0.3, 0.4) is 0 Å². The molecule has 282 valence electrons. The highest BCUT2D eigenvalue weighted by Crippen LogP contribution is 2.42. The van der Waals surface area contributed by atoms with Gasteiger partial charge in [-0.2, -0.15) is 0 Å². The maximum atomic E-state index is 6.45. The van der Waals surface area contributed by atoms with Gasteiger partial charge in [0.1, 0.15) is 11.5 Å². The van der Waals surface area contributed by atoms with Crippen LogP contribution in [0.1, 0.15) is 128 Å². The van der Waals surface area contributed by atoms with Gasteiger partial charge in [-0.15, -0.1) is 0 Å². The fourth-order valence-electron chi connectivity index (χ4n) is 6.85. The highest BCUT2D eigenvalue weighted by molar-refractivity contribution is 7.80. The number of nitrogens with zero attached hydrogens (tertiary/aromatic N) is 2. The summed E-state index contributed by atoms with van der Waals surface area (Å²) in [4.78, 5) is 3.66. The van der Waals surface area contributed by atoms with Crippen LogP contribution in [0, 0.1) is 0 Å². The van der Waals surface area contributed by atoms with E-state index in [0.717, 1.165) is 45.5 Å². The minimum absolute atomic E-state index is 0.411. The van der Waals surface area contributed by atoms with Crippen molar-refractivity contribution < 1.29 is 9.47 Å². The van der Waals surface area contributed by atoms with Gasteiger partial charge in [0.25, 0.3) is 10.3 Å². The van der Waals surface area contributed by atoms with Crippen molar-refractivity contribution in [3.05, 3.63) is 71.8 Å². The summed E-state index contributed by atoms with van der Waals surface area (Å²) >= 11 is 11.4. The van der Waals surface area contributed by atoms with E-state index in [1.165, 1.54) is 114 Å². The Bertz CT molecular complexity index is 1600.